The zero-order valence-corrected chi connectivity index (χ0v) is 11.9. The Bertz CT molecular complexity index is 467. The van der Waals surface area contributed by atoms with Gasteiger partial charge in [-0.15, -0.1) is 0 Å². The zero-order valence-electron chi connectivity index (χ0n) is 11.9. The summed E-state index contributed by atoms with van der Waals surface area (Å²) in [5.41, 5.74) is 0.434. The first-order valence-electron chi connectivity index (χ1n) is 6.48. The van der Waals surface area contributed by atoms with Gasteiger partial charge in [-0.25, -0.2) is 4.79 Å². The number of hydrogen-bond donors (Lipinski definition) is 1. The van der Waals surface area contributed by atoms with Crippen LogP contribution in [0.2, 0.25) is 0 Å². The summed E-state index contributed by atoms with van der Waals surface area (Å²) >= 11 is 0. The number of amides is 1. The number of aliphatic carboxylic acids is 1. The molecule has 0 aliphatic rings. The van der Waals surface area contributed by atoms with Crippen molar-refractivity contribution in [2.45, 2.75) is 39.7 Å². The highest BCUT2D eigenvalue weighted by Crippen LogP contribution is 2.29. The number of hydrogen-bond acceptors (Lipinski definition) is 2. The minimum absolute atomic E-state index is 0.244. The molecular weight excluding hydrogens is 242 g/mol. The van der Waals surface area contributed by atoms with E-state index in [1.54, 1.807) is 26.0 Å². The van der Waals surface area contributed by atoms with E-state index in [1.165, 1.54) is 11.8 Å². The fourth-order valence-corrected chi connectivity index (χ4v) is 2.31. The van der Waals surface area contributed by atoms with Crippen LogP contribution in [0.1, 0.15) is 38.8 Å². The molecule has 1 atom stereocenters. The van der Waals surface area contributed by atoms with E-state index in [2.05, 4.69) is 0 Å². The summed E-state index contributed by atoms with van der Waals surface area (Å²) in [6.45, 7) is 7.14. The van der Waals surface area contributed by atoms with Gasteiger partial charge in [0, 0.05) is 13.5 Å². The maximum absolute atomic E-state index is 11.7. The standard InChI is InChI=1S/C15H21NO3/c1-5-12-7-9-13(10-8-12)15(4,14(18)19)16(6-2)11(3)17/h7-10H,5-6H2,1-4H3,(H,18,19). The lowest BCUT2D eigenvalue weighted by Crippen LogP contribution is -2.51. The van der Waals surface area contributed by atoms with Gasteiger partial charge in [0.2, 0.25) is 5.91 Å². The predicted octanol–water partition coefficient (Wildman–Crippen LogP) is 2.42. The third-order valence-corrected chi connectivity index (χ3v) is 3.58. The Morgan fingerprint density at radius 3 is 2.05 bits per heavy atom. The molecule has 1 rings (SSSR count). The molecule has 1 aromatic carbocycles. The topological polar surface area (TPSA) is 57.6 Å². The van der Waals surface area contributed by atoms with Gasteiger partial charge in [-0.2, -0.15) is 0 Å². The maximum Gasteiger partial charge on any atom is 0.334 e. The molecule has 0 radical (unpaired) electrons. The van der Waals surface area contributed by atoms with Gasteiger partial charge in [-0.3, -0.25) is 4.79 Å². The van der Waals surface area contributed by atoms with Gasteiger partial charge < -0.3 is 10.0 Å². The van der Waals surface area contributed by atoms with Crippen molar-refractivity contribution < 1.29 is 14.7 Å². The quantitative estimate of drug-likeness (QED) is 0.887. The summed E-state index contributed by atoms with van der Waals surface area (Å²) in [5, 5.41) is 9.57. The van der Waals surface area contributed by atoms with E-state index < -0.39 is 11.5 Å². The average Bonchev–Trinajstić information content (AvgIpc) is 2.38. The van der Waals surface area contributed by atoms with Crippen LogP contribution in [-0.2, 0) is 21.5 Å². The smallest absolute Gasteiger partial charge is 0.334 e. The zero-order chi connectivity index (χ0) is 14.6. The number of carboxylic acid groups (broad SMARTS) is 1. The lowest BCUT2D eigenvalue weighted by Gasteiger charge is -2.37. The molecule has 4 nitrogen and oxygen atoms in total. The summed E-state index contributed by atoms with van der Waals surface area (Å²) in [4.78, 5) is 24.7. The molecule has 0 aliphatic heterocycles. The lowest BCUT2D eigenvalue weighted by molar-refractivity contribution is -0.158. The molecule has 1 amide bonds. The number of carbonyl (C=O) groups excluding carboxylic acids is 1. The summed E-state index contributed by atoms with van der Waals surface area (Å²) in [6.07, 6.45) is 0.897. The predicted molar refractivity (Wildman–Crippen MR) is 73.9 cm³/mol. The molecule has 104 valence electrons. The van der Waals surface area contributed by atoms with Crippen molar-refractivity contribution in [1.82, 2.24) is 4.90 Å². The first-order valence-corrected chi connectivity index (χ1v) is 6.48. The second kappa shape index (κ2) is 5.87. The molecule has 1 N–H and O–H groups in total. The van der Waals surface area contributed by atoms with Gasteiger partial charge in [0.25, 0.3) is 0 Å². The third kappa shape index (κ3) is 2.78. The largest absolute Gasteiger partial charge is 0.479 e. The van der Waals surface area contributed by atoms with Crippen LogP contribution in [0.3, 0.4) is 0 Å². The van der Waals surface area contributed by atoms with Crippen LogP contribution in [-0.4, -0.2) is 28.4 Å². The van der Waals surface area contributed by atoms with E-state index in [1.807, 2.05) is 19.1 Å². The van der Waals surface area contributed by atoms with Gasteiger partial charge in [-0.05, 0) is 31.4 Å². The molecule has 1 aromatic rings. The van der Waals surface area contributed by atoms with Gasteiger partial charge in [0.05, 0.1) is 0 Å². The highest BCUT2D eigenvalue weighted by molar-refractivity contribution is 5.87. The molecule has 19 heavy (non-hydrogen) atoms. The first kappa shape index (κ1) is 15.2. The number of aryl methyl sites for hydroxylation is 1. The molecule has 4 heteroatoms. The van der Waals surface area contributed by atoms with Crippen molar-refractivity contribution >= 4 is 11.9 Å². The molecule has 0 aromatic heterocycles. The van der Waals surface area contributed by atoms with Crippen molar-refractivity contribution in [3.05, 3.63) is 35.4 Å². The molecule has 0 heterocycles. The third-order valence-electron chi connectivity index (χ3n) is 3.58. The van der Waals surface area contributed by atoms with Crippen molar-refractivity contribution in [2.24, 2.45) is 0 Å². The van der Waals surface area contributed by atoms with Crippen LogP contribution in [0.15, 0.2) is 24.3 Å². The van der Waals surface area contributed by atoms with E-state index in [0.717, 1.165) is 12.0 Å². The maximum atomic E-state index is 11.7. The SMILES string of the molecule is CCc1ccc(C(C)(C(=O)O)N(CC)C(C)=O)cc1. The van der Waals surface area contributed by atoms with Crippen LogP contribution in [0, 0.1) is 0 Å². The van der Waals surface area contributed by atoms with Crippen LogP contribution in [0.5, 0.6) is 0 Å². The minimum Gasteiger partial charge on any atom is -0.479 e. The minimum atomic E-state index is -1.33. The normalized spacial score (nSPS) is 13.7. The number of rotatable bonds is 5. The van der Waals surface area contributed by atoms with E-state index >= 15 is 0 Å². The average molecular weight is 263 g/mol. The summed E-state index contributed by atoms with van der Waals surface area (Å²) in [7, 11) is 0. The highest BCUT2D eigenvalue weighted by Gasteiger charge is 2.42. The van der Waals surface area contributed by atoms with Gasteiger partial charge in [-0.1, -0.05) is 31.2 Å². The Morgan fingerprint density at radius 1 is 1.21 bits per heavy atom. The second-order valence-electron chi connectivity index (χ2n) is 4.69. The fourth-order valence-electron chi connectivity index (χ4n) is 2.31. The second-order valence-corrected chi connectivity index (χ2v) is 4.69. The molecule has 0 saturated heterocycles. The molecule has 0 aliphatic carbocycles. The Labute approximate surface area is 114 Å². The monoisotopic (exact) mass is 263 g/mol. The number of carbonyl (C=O) groups is 2. The molecular formula is C15H21NO3. The van der Waals surface area contributed by atoms with Crippen molar-refractivity contribution in [2.75, 3.05) is 6.54 Å². The number of nitrogens with zero attached hydrogens (tertiary/aromatic N) is 1. The Hall–Kier alpha value is -1.84. The van der Waals surface area contributed by atoms with E-state index in [9.17, 15) is 14.7 Å². The number of carboxylic acids is 1. The van der Waals surface area contributed by atoms with Crippen molar-refractivity contribution in [1.29, 1.82) is 0 Å². The lowest BCUT2D eigenvalue weighted by atomic mass is 9.89. The summed E-state index contributed by atoms with van der Waals surface area (Å²) < 4.78 is 0. The number of likely N-dealkylation sites (N-methyl/N-ethyl adjacent to an activating group) is 1. The number of benzene rings is 1. The van der Waals surface area contributed by atoms with Crippen LogP contribution in [0.4, 0.5) is 0 Å². The van der Waals surface area contributed by atoms with E-state index in [-0.39, 0.29) is 5.91 Å². The van der Waals surface area contributed by atoms with Crippen molar-refractivity contribution in [3.63, 3.8) is 0 Å². The molecule has 0 spiro atoms. The van der Waals surface area contributed by atoms with E-state index in [0.29, 0.717) is 12.1 Å². The molecule has 0 bridgehead atoms. The summed E-state index contributed by atoms with van der Waals surface area (Å²) in [6, 6.07) is 7.39. The summed E-state index contributed by atoms with van der Waals surface area (Å²) in [5.74, 6) is -1.26. The Balaban J connectivity index is 3.31. The van der Waals surface area contributed by atoms with Gasteiger partial charge in [0.1, 0.15) is 0 Å². The van der Waals surface area contributed by atoms with Gasteiger partial charge in [0.15, 0.2) is 5.54 Å². The van der Waals surface area contributed by atoms with Crippen LogP contribution >= 0.6 is 0 Å². The van der Waals surface area contributed by atoms with Gasteiger partial charge >= 0.3 is 5.97 Å². The van der Waals surface area contributed by atoms with Crippen LogP contribution < -0.4 is 0 Å². The molecule has 1 unspecified atom stereocenters. The first-order chi connectivity index (χ1) is 8.87. The van der Waals surface area contributed by atoms with Crippen LogP contribution in [0.25, 0.3) is 0 Å². The highest BCUT2D eigenvalue weighted by atomic mass is 16.4. The van der Waals surface area contributed by atoms with Crippen molar-refractivity contribution in [3.8, 4) is 0 Å². The molecule has 0 fully saturated rings. The van der Waals surface area contributed by atoms with E-state index in [4.69, 9.17) is 0 Å². The Kier molecular flexibility index (Phi) is 4.70. The fraction of sp³-hybridized carbons (Fsp3) is 0.467. The Morgan fingerprint density at radius 2 is 1.74 bits per heavy atom. The molecule has 0 saturated carbocycles.